The molecule has 0 saturated carbocycles. The van der Waals surface area contributed by atoms with Crippen molar-refractivity contribution in [2.24, 2.45) is 5.92 Å². The first kappa shape index (κ1) is 24.9. The van der Waals surface area contributed by atoms with E-state index < -0.39 is 11.9 Å². The van der Waals surface area contributed by atoms with Crippen LogP contribution in [0.4, 0.5) is 0 Å². The van der Waals surface area contributed by atoms with Gasteiger partial charge in [0.2, 0.25) is 5.91 Å². The van der Waals surface area contributed by atoms with Gasteiger partial charge in [0.05, 0.1) is 7.11 Å². The van der Waals surface area contributed by atoms with E-state index >= 15 is 0 Å². The lowest BCUT2D eigenvalue weighted by atomic mass is 9.95. The number of hydrogen-bond acceptors (Lipinski definition) is 5. The topological polar surface area (TPSA) is 107 Å². The second-order valence-electron chi connectivity index (χ2n) is 7.65. The first-order valence-corrected chi connectivity index (χ1v) is 10.4. The maximum absolute atomic E-state index is 12.8. The average Bonchev–Trinajstić information content (AvgIpc) is 2.80. The van der Waals surface area contributed by atoms with Gasteiger partial charge in [0.15, 0.2) is 0 Å². The Hall–Kier alpha value is -3.39. The highest BCUT2D eigenvalue weighted by Gasteiger charge is 2.27. The fourth-order valence-electron chi connectivity index (χ4n) is 3.66. The number of carboxylic acid groups (broad SMARTS) is 2. The molecule has 1 aliphatic rings. The highest BCUT2D eigenvalue weighted by molar-refractivity contribution is 6.27. The summed E-state index contributed by atoms with van der Waals surface area (Å²) in [4.78, 5) is 35.2. The summed E-state index contributed by atoms with van der Waals surface area (Å²) < 4.78 is 5.45. The van der Waals surface area contributed by atoms with Crippen molar-refractivity contribution < 1.29 is 29.3 Å². The van der Waals surface area contributed by atoms with Crippen LogP contribution in [0, 0.1) is 5.92 Å². The summed E-state index contributed by atoms with van der Waals surface area (Å²) in [6.45, 7) is 3.47. The summed E-state index contributed by atoms with van der Waals surface area (Å²) in [5.74, 6) is -2.30. The number of aliphatic carboxylic acids is 2. The van der Waals surface area contributed by atoms with E-state index in [0.29, 0.717) is 6.54 Å². The number of ether oxygens (including phenoxy) is 1. The van der Waals surface area contributed by atoms with Gasteiger partial charge < -0.3 is 19.8 Å². The van der Waals surface area contributed by atoms with E-state index in [-0.39, 0.29) is 11.8 Å². The lowest BCUT2D eigenvalue weighted by Crippen LogP contribution is -2.40. The number of amides is 1. The molecular weight excluding hydrogens is 412 g/mol. The number of carboxylic acids is 2. The van der Waals surface area contributed by atoms with Crippen molar-refractivity contribution in [2.45, 2.75) is 25.9 Å². The number of methoxy groups -OCH3 is 1. The van der Waals surface area contributed by atoms with Crippen molar-refractivity contribution in [1.82, 2.24) is 9.80 Å². The molecule has 1 saturated heterocycles. The summed E-state index contributed by atoms with van der Waals surface area (Å²) in [5, 5.41) is 14.8. The molecule has 0 radical (unpaired) electrons. The Labute approximate surface area is 188 Å². The van der Waals surface area contributed by atoms with Crippen LogP contribution >= 0.6 is 0 Å². The van der Waals surface area contributed by atoms with E-state index in [1.807, 2.05) is 48.3 Å². The molecule has 0 unspecified atom stereocenters. The van der Waals surface area contributed by atoms with Crippen LogP contribution in [0.1, 0.15) is 24.0 Å². The zero-order valence-corrected chi connectivity index (χ0v) is 18.4. The van der Waals surface area contributed by atoms with E-state index in [1.165, 1.54) is 11.1 Å². The lowest BCUT2D eigenvalue weighted by Gasteiger charge is -2.33. The zero-order valence-electron chi connectivity index (χ0n) is 18.4. The van der Waals surface area contributed by atoms with Gasteiger partial charge in [-0.05, 0) is 37.6 Å². The molecule has 0 bridgehead atoms. The fraction of sp³-hybridized carbons (Fsp3) is 0.375. The Kier molecular flexibility index (Phi) is 9.69. The van der Waals surface area contributed by atoms with Crippen LogP contribution < -0.4 is 4.74 Å². The van der Waals surface area contributed by atoms with E-state index in [0.717, 1.165) is 38.2 Å². The van der Waals surface area contributed by atoms with E-state index in [2.05, 4.69) is 23.1 Å². The molecule has 1 fully saturated rings. The minimum Gasteiger partial charge on any atom is -0.496 e. The third kappa shape index (κ3) is 7.70. The van der Waals surface area contributed by atoms with Crippen LogP contribution in [-0.4, -0.2) is 65.1 Å². The molecule has 0 aromatic heterocycles. The van der Waals surface area contributed by atoms with E-state index in [4.69, 9.17) is 24.5 Å². The van der Waals surface area contributed by atoms with Gasteiger partial charge in [0.25, 0.3) is 0 Å². The molecule has 2 aromatic carbocycles. The molecular formula is C24H30N2O6. The molecule has 0 aliphatic carbocycles. The van der Waals surface area contributed by atoms with Gasteiger partial charge in [0, 0.05) is 31.6 Å². The van der Waals surface area contributed by atoms with Crippen molar-refractivity contribution in [3.05, 3.63) is 65.7 Å². The summed E-state index contributed by atoms with van der Waals surface area (Å²) in [6, 6.07) is 18.3. The molecule has 32 heavy (non-hydrogen) atoms. The molecule has 2 aromatic rings. The van der Waals surface area contributed by atoms with Gasteiger partial charge in [-0.25, -0.2) is 9.59 Å². The van der Waals surface area contributed by atoms with Gasteiger partial charge in [-0.3, -0.25) is 9.69 Å². The number of likely N-dealkylation sites (tertiary alicyclic amines) is 1. The predicted octanol–water partition coefficient (Wildman–Crippen LogP) is 2.72. The molecule has 3 rings (SSSR count). The van der Waals surface area contributed by atoms with Crippen LogP contribution in [0.2, 0.25) is 0 Å². The maximum atomic E-state index is 12.8. The summed E-state index contributed by atoms with van der Waals surface area (Å²) in [7, 11) is 3.63. The number of nitrogens with zero attached hydrogens (tertiary/aromatic N) is 2. The van der Waals surface area contributed by atoms with Crippen LogP contribution in [0.3, 0.4) is 0 Å². The molecule has 0 spiro atoms. The predicted molar refractivity (Wildman–Crippen MR) is 119 cm³/mol. The van der Waals surface area contributed by atoms with Gasteiger partial charge in [-0.15, -0.1) is 0 Å². The quantitative estimate of drug-likeness (QED) is 0.663. The molecule has 2 N–H and O–H groups in total. The maximum Gasteiger partial charge on any atom is 0.414 e. The fourth-order valence-corrected chi connectivity index (χ4v) is 3.66. The Morgan fingerprint density at radius 2 is 1.53 bits per heavy atom. The number of rotatable bonds is 6. The molecule has 0 atom stereocenters. The Balaban J connectivity index is 0.000000534. The van der Waals surface area contributed by atoms with Gasteiger partial charge in [0.1, 0.15) is 5.75 Å². The lowest BCUT2D eigenvalue weighted by molar-refractivity contribution is -0.159. The first-order valence-electron chi connectivity index (χ1n) is 10.4. The van der Waals surface area contributed by atoms with Gasteiger partial charge in [-0.1, -0.05) is 48.5 Å². The largest absolute Gasteiger partial charge is 0.496 e. The summed E-state index contributed by atoms with van der Waals surface area (Å²) in [6.07, 6.45) is 1.85. The highest BCUT2D eigenvalue weighted by Crippen LogP contribution is 2.24. The monoisotopic (exact) mass is 442 g/mol. The van der Waals surface area contributed by atoms with Crippen LogP contribution in [0.15, 0.2) is 54.6 Å². The van der Waals surface area contributed by atoms with Crippen molar-refractivity contribution in [1.29, 1.82) is 0 Å². The van der Waals surface area contributed by atoms with Gasteiger partial charge >= 0.3 is 11.9 Å². The summed E-state index contributed by atoms with van der Waals surface area (Å²) in [5.41, 5.74) is 2.39. The molecule has 8 nitrogen and oxygen atoms in total. The Morgan fingerprint density at radius 1 is 0.969 bits per heavy atom. The standard InChI is InChI=1S/C22H28N2O2.C2H2O4/c1-23(16-18-8-4-3-5-9-18)22(25)19-12-14-24(15-13-19)17-20-10-6-7-11-21(20)26-2;3-1(4)2(5)6/h3-11,19H,12-17H2,1-2H3;(H,3,4)(H,5,6). The van der Waals surface area contributed by atoms with Gasteiger partial charge in [-0.2, -0.15) is 0 Å². The zero-order chi connectivity index (χ0) is 23.5. The number of carbonyl (C=O) groups is 3. The van der Waals surface area contributed by atoms with E-state index in [9.17, 15) is 4.79 Å². The third-order valence-electron chi connectivity index (χ3n) is 5.35. The molecule has 172 valence electrons. The first-order chi connectivity index (χ1) is 15.3. The smallest absolute Gasteiger partial charge is 0.414 e. The molecule has 8 heteroatoms. The van der Waals surface area contributed by atoms with Crippen molar-refractivity contribution in [3.63, 3.8) is 0 Å². The van der Waals surface area contributed by atoms with Crippen LogP contribution in [0.25, 0.3) is 0 Å². The van der Waals surface area contributed by atoms with Crippen LogP contribution in [-0.2, 0) is 27.5 Å². The average molecular weight is 443 g/mol. The van der Waals surface area contributed by atoms with Crippen molar-refractivity contribution in [2.75, 3.05) is 27.2 Å². The normalized spacial score (nSPS) is 14.1. The number of piperidine rings is 1. The molecule has 1 aliphatic heterocycles. The number of benzene rings is 2. The van der Waals surface area contributed by atoms with Crippen molar-refractivity contribution >= 4 is 17.8 Å². The van der Waals surface area contributed by atoms with Crippen molar-refractivity contribution in [3.8, 4) is 5.75 Å². The number of carbonyl (C=O) groups excluding carboxylic acids is 1. The molecule has 1 heterocycles. The van der Waals surface area contributed by atoms with E-state index in [1.54, 1.807) is 7.11 Å². The second kappa shape index (κ2) is 12.5. The SMILES string of the molecule is COc1ccccc1CN1CCC(C(=O)N(C)Cc2ccccc2)CC1.O=C(O)C(=O)O. The second-order valence-corrected chi connectivity index (χ2v) is 7.65. The minimum atomic E-state index is -1.82. The Morgan fingerprint density at radius 3 is 2.09 bits per heavy atom. The van der Waals surface area contributed by atoms with Crippen LogP contribution in [0.5, 0.6) is 5.75 Å². The molecule has 1 amide bonds. The number of para-hydroxylation sites is 1. The minimum absolute atomic E-state index is 0.137. The highest BCUT2D eigenvalue weighted by atomic mass is 16.5. The number of hydrogen-bond donors (Lipinski definition) is 2. The third-order valence-corrected chi connectivity index (χ3v) is 5.35. The summed E-state index contributed by atoms with van der Waals surface area (Å²) >= 11 is 0. The Bertz CT molecular complexity index is 882.